The average molecular weight is 600 g/mol. The van der Waals surface area contributed by atoms with Crippen LogP contribution in [-0.2, 0) is 22.7 Å². The van der Waals surface area contributed by atoms with Gasteiger partial charge in [0, 0.05) is 20.2 Å². The van der Waals surface area contributed by atoms with Crippen LogP contribution < -0.4 is 4.84 Å². The van der Waals surface area contributed by atoms with Crippen LogP contribution in [0.15, 0.2) is 84.9 Å². The number of hydrogen-bond acceptors (Lipinski definition) is 6. The molecule has 0 N–H and O–H groups in total. The van der Waals surface area contributed by atoms with Crippen molar-refractivity contribution >= 4 is 36.8 Å². The van der Waals surface area contributed by atoms with E-state index in [1.165, 1.54) is 7.11 Å². The summed E-state index contributed by atoms with van der Waals surface area (Å²) in [6.07, 6.45) is 0. The molecule has 9 heteroatoms. The second-order valence-corrected chi connectivity index (χ2v) is 17.3. The Morgan fingerprint density at radius 2 is 1.62 bits per heavy atom. The second kappa shape index (κ2) is 12.9. The highest BCUT2D eigenvalue weighted by Crippen LogP contribution is 2.36. The first-order valence-corrected chi connectivity index (χ1v) is 17.9. The van der Waals surface area contributed by atoms with E-state index < -0.39 is 14.0 Å². The summed E-state index contributed by atoms with van der Waals surface area (Å²) in [5.41, 5.74) is 6.06. The van der Waals surface area contributed by atoms with Gasteiger partial charge in [-0.15, -0.1) is 0 Å². The monoisotopic (exact) mass is 599 g/mol. The number of methoxy groups -OCH3 is 1. The number of carbonyl (C=O) groups excluding carboxylic acids is 1. The first kappa shape index (κ1) is 29.5. The molecule has 0 aliphatic carbocycles. The van der Waals surface area contributed by atoms with Crippen LogP contribution in [0.1, 0.15) is 21.7 Å². The van der Waals surface area contributed by atoms with E-state index in [1.54, 1.807) is 22.9 Å². The van der Waals surface area contributed by atoms with Gasteiger partial charge in [-0.3, -0.25) is 0 Å². The normalized spacial score (nSPS) is 11.5. The molecule has 0 atom stereocenters. The first-order valence-electron chi connectivity index (χ1n) is 13.8. The van der Waals surface area contributed by atoms with Crippen LogP contribution in [0.25, 0.3) is 33.5 Å². The maximum absolute atomic E-state index is 12.0. The van der Waals surface area contributed by atoms with Crippen molar-refractivity contribution in [3.8, 4) is 22.4 Å². The molecule has 0 radical (unpaired) electrons. The fourth-order valence-electron chi connectivity index (χ4n) is 4.58. The van der Waals surface area contributed by atoms with Gasteiger partial charge in [0.2, 0.25) is 0 Å². The Hall–Kier alpha value is -3.98. The van der Waals surface area contributed by atoms with Crippen molar-refractivity contribution in [2.24, 2.45) is 0 Å². The van der Waals surface area contributed by atoms with Gasteiger partial charge in [0.15, 0.2) is 11.5 Å². The molecule has 5 rings (SSSR count). The average Bonchev–Trinajstić information content (AvgIpc) is 3.33. The molecule has 0 spiro atoms. The lowest BCUT2D eigenvalue weighted by Crippen LogP contribution is -2.22. The number of benzene rings is 3. The molecule has 0 aliphatic rings. The first-order chi connectivity index (χ1) is 20.2. The number of halogens is 1. The van der Waals surface area contributed by atoms with Gasteiger partial charge in [-0.1, -0.05) is 98.0 Å². The highest BCUT2D eigenvalue weighted by molar-refractivity contribution is 6.76. The fraction of sp³-hybridized carbons (Fsp3) is 0.242. The SMILES string of the molecule is COC(=O)c1cccc(COn2c(COCC[Si](C)(C)C)nc3nc(-c4ccccc4-c4ccccc4)c(Cl)cc32)c1. The van der Waals surface area contributed by atoms with E-state index >= 15 is 0 Å². The van der Waals surface area contributed by atoms with Crippen LogP contribution in [-0.4, -0.2) is 42.5 Å². The van der Waals surface area contributed by atoms with E-state index in [0.717, 1.165) is 28.3 Å². The quantitative estimate of drug-likeness (QED) is 0.0880. The third-order valence-corrected chi connectivity index (χ3v) is 8.82. The molecule has 2 aromatic heterocycles. The Morgan fingerprint density at radius 1 is 0.881 bits per heavy atom. The van der Waals surface area contributed by atoms with Crippen molar-refractivity contribution in [2.45, 2.75) is 38.9 Å². The molecule has 0 unspecified atom stereocenters. The van der Waals surface area contributed by atoms with Crippen LogP contribution in [0.5, 0.6) is 0 Å². The number of pyridine rings is 1. The van der Waals surface area contributed by atoms with E-state index in [1.807, 2.05) is 48.5 Å². The van der Waals surface area contributed by atoms with E-state index in [4.69, 9.17) is 35.9 Å². The molecule has 7 nitrogen and oxygen atoms in total. The number of aromatic nitrogens is 3. The van der Waals surface area contributed by atoms with E-state index in [9.17, 15) is 4.79 Å². The molecule has 0 saturated carbocycles. The number of fused-ring (bicyclic) bond motifs is 1. The Kier molecular flexibility index (Phi) is 9.06. The summed E-state index contributed by atoms with van der Waals surface area (Å²) in [6.45, 7) is 8.04. The smallest absolute Gasteiger partial charge is 0.337 e. The Bertz CT molecular complexity index is 1700. The molecule has 0 bridgehead atoms. The standard InChI is InChI=1S/C33H34ClN3O4Si/c1-39-33(38)25-14-10-11-23(19-25)21-41-37-29-20-28(34)31(27-16-9-8-15-26(27)24-12-6-5-7-13-24)36-32(29)35-30(37)22-40-17-18-42(2,3)4/h5-16,19-20H,17-18,21-22H2,1-4H3. The summed E-state index contributed by atoms with van der Waals surface area (Å²) in [4.78, 5) is 28.1. The van der Waals surface area contributed by atoms with Crippen LogP contribution in [0.4, 0.5) is 0 Å². The predicted octanol–water partition coefficient (Wildman–Crippen LogP) is 7.69. The molecule has 0 fully saturated rings. The molecule has 0 aliphatic heterocycles. The molecule has 216 valence electrons. The summed E-state index contributed by atoms with van der Waals surface area (Å²) in [5.74, 6) is 0.183. The zero-order valence-electron chi connectivity index (χ0n) is 24.3. The summed E-state index contributed by atoms with van der Waals surface area (Å²) >= 11 is 6.91. The van der Waals surface area contributed by atoms with Crippen molar-refractivity contribution in [1.82, 2.24) is 14.7 Å². The summed E-state index contributed by atoms with van der Waals surface area (Å²) in [7, 11) is 0.107. The molecule has 2 heterocycles. The predicted molar refractivity (Wildman–Crippen MR) is 169 cm³/mol. The van der Waals surface area contributed by atoms with Gasteiger partial charge in [0.1, 0.15) is 18.7 Å². The van der Waals surface area contributed by atoms with Gasteiger partial charge in [0.25, 0.3) is 0 Å². The lowest BCUT2D eigenvalue weighted by atomic mass is 9.97. The van der Waals surface area contributed by atoms with Gasteiger partial charge in [0.05, 0.1) is 23.4 Å². The van der Waals surface area contributed by atoms with E-state index in [0.29, 0.717) is 39.9 Å². The molecular formula is C33H34ClN3O4Si. The third kappa shape index (κ3) is 6.90. The third-order valence-electron chi connectivity index (χ3n) is 6.83. The molecule has 5 aromatic rings. The van der Waals surface area contributed by atoms with Crippen LogP contribution in [0, 0.1) is 0 Å². The molecule has 42 heavy (non-hydrogen) atoms. The molecule has 0 saturated heterocycles. The lowest BCUT2D eigenvalue weighted by Gasteiger charge is -2.16. The number of ether oxygens (including phenoxy) is 2. The zero-order valence-corrected chi connectivity index (χ0v) is 26.0. The Balaban J connectivity index is 1.51. The number of rotatable bonds is 11. The minimum absolute atomic E-state index is 0.189. The van der Waals surface area contributed by atoms with Crippen LogP contribution >= 0.6 is 11.6 Å². The van der Waals surface area contributed by atoms with E-state index in [2.05, 4.69) is 37.8 Å². The highest BCUT2D eigenvalue weighted by atomic mass is 35.5. The zero-order chi connectivity index (χ0) is 29.7. The summed E-state index contributed by atoms with van der Waals surface area (Å²) < 4.78 is 12.6. The lowest BCUT2D eigenvalue weighted by molar-refractivity contribution is 0.0598. The van der Waals surface area contributed by atoms with Crippen molar-refractivity contribution in [3.63, 3.8) is 0 Å². The van der Waals surface area contributed by atoms with Crippen LogP contribution in [0.2, 0.25) is 30.7 Å². The number of hydrogen-bond donors (Lipinski definition) is 0. The van der Waals surface area contributed by atoms with Gasteiger partial charge < -0.3 is 14.3 Å². The topological polar surface area (TPSA) is 75.5 Å². The molecular weight excluding hydrogens is 566 g/mol. The van der Waals surface area contributed by atoms with Gasteiger partial charge in [-0.05, 0) is 40.9 Å². The molecule has 0 amide bonds. The highest BCUT2D eigenvalue weighted by Gasteiger charge is 2.20. The fourth-order valence-corrected chi connectivity index (χ4v) is 5.58. The second-order valence-electron chi connectivity index (χ2n) is 11.2. The van der Waals surface area contributed by atoms with Crippen LogP contribution in [0.3, 0.4) is 0 Å². The van der Waals surface area contributed by atoms with Crippen molar-refractivity contribution < 1.29 is 19.1 Å². The number of carbonyl (C=O) groups is 1. The maximum atomic E-state index is 12.0. The molecule has 3 aromatic carbocycles. The van der Waals surface area contributed by atoms with Gasteiger partial charge in [-0.25, -0.2) is 14.8 Å². The number of imidazole rings is 1. The maximum Gasteiger partial charge on any atom is 0.337 e. The van der Waals surface area contributed by atoms with Gasteiger partial charge >= 0.3 is 5.97 Å². The Labute approximate surface area is 252 Å². The van der Waals surface area contributed by atoms with Crippen molar-refractivity contribution in [2.75, 3.05) is 13.7 Å². The minimum atomic E-state index is -1.25. The summed E-state index contributed by atoms with van der Waals surface area (Å²) in [5, 5.41) is 0.481. The van der Waals surface area contributed by atoms with Crippen molar-refractivity contribution in [1.29, 1.82) is 0 Å². The Morgan fingerprint density at radius 3 is 2.36 bits per heavy atom. The van der Waals surface area contributed by atoms with E-state index in [-0.39, 0.29) is 13.2 Å². The summed E-state index contributed by atoms with van der Waals surface area (Å²) in [6, 6.07) is 28.2. The van der Waals surface area contributed by atoms with Gasteiger partial charge in [-0.2, -0.15) is 4.73 Å². The minimum Gasteiger partial charge on any atom is -0.465 e. The van der Waals surface area contributed by atoms with Crippen molar-refractivity contribution in [3.05, 3.63) is 107 Å². The number of nitrogens with zero attached hydrogens (tertiary/aromatic N) is 3. The number of esters is 1. The largest absolute Gasteiger partial charge is 0.465 e.